The van der Waals surface area contributed by atoms with E-state index in [-0.39, 0.29) is 5.38 Å². The van der Waals surface area contributed by atoms with E-state index >= 15 is 0 Å². The van der Waals surface area contributed by atoms with Gasteiger partial charge in [0.2, 0.25) is 0 Å². The molecule has 86 valence electrons. The van der Waals surface area contributed by atoms with Gasteiger partial charge in [0.1, 0.15) is 5.82 Å². The number of tetrazole rings is 1. The van der Waals surface area contributed by atoms with Gasteiger partial charge in [0.15, 0.2) is 5.65 Å². The van der Waals surface area contributed by atoms with Crippen LogP contribution in [0.5, 0.6) is 0 Å². The number of rotatable bonds is 5. The summed E-state index contributed by atoms with van der Waals surface area (Å²) in [7, 11) is 0. The van der Waals surface area contributed by atoms with E-state index in [0.717, 1.165) is 18.7 Å². The Morgan fingerprint density at radius 1 is 1.50 bits per heavy atom. The second-order valence-electron chi connectivity index (χ2n) is 3.51. The van der Waals surface area contributed by atoms with Crippen LogP contribution in [-0.2, 0) is 0 Å². The van der Waals surface area contributed by atoms with Crippen molar-refractivity contribution in [3.63, 3.8) is 0 Å². The topological polar surface area (TPSA) is 68.0 Å². The number of aromatic nitrogens is 5. The number of nitrogens with zero attached hydrogens (tertiary/aromatic N) is 5. The van der Waals surface area contributed by atoms with Crippen molar-refractivity contribution >= 4 is 23.1 Å². The van der Waals surface area contributed by atoms with Gasteiger partial charge >= 0.3 is 0 Å². The second-order valence-corrected chi connectivity index (χ2v) is 4.13. The molecule has 0 aliphatic rings. The van der Waals surface area contributed by atoms with Crippen LogP contribution in [0.3, 0.4) is 0 Å². The highest BCUT2D eigenvalue weighted by atomic mass is 35.5. The number of hydrogen-bond acceptors (Lipinski definition) is 5. The smallest absolute Gasteiger partial charge is 0.200 e. The summed E-state index contributed by atoms with van der Waals surface area (Å²) in [6.07, 6.45) is 2.07. The van der Waals surface area contributed by atoms with Crippen molar-refractivity contribution in [2.45, 2.75) is 25.1 Å². The number of halogens is 1. The molecule has 0 aliphatic carbocycles. The Morgan fingerprint density at radius 3 is 3.19 bits per heavy atom. The lowest BCUT2D eigenvalue weighted by atomic mass is 10.2. The molecule has 16 heavy (non-hydrogen) atoms. The molecule has 0 radical (unpaired) electrons. The lowest BCUT2D eigenvalue weighted by Crippen LogP contribution is -2.15. The highest BCUT2D eigenvalue weighted by Gasteiger charge is 2.04. The summed E-state index contributed by atoms with van der Waals surface area (Å²) in [5.41, 5.74) is 0.626. The minimum Gasteiger partial charge on any atom is -0.367 e. The molecular formula is C9H13ClN6. The predicted octanol–water partition coefficient (Wildman–Crippen LogP) is 1.34. The maximum atomic E-state index is 6.09. The van der Waals surface area contributed by atoms with Crippen molar-refractivity contribution in [3.8, 4) is 0 Å². The van der Waals surface area contributed by atoms with Crippen LogP contribution >= 0.6 is 11.6 Å². The van der Waals surface area contributed by atoms with Crippen molar-refractivity contribution in [1.82, 2.24) is 25.3 Å². The lowest BCUT2D eigenvalue weighted by Gasteiger charge is -2.09. The fourth-order valence-corrected chi connectivity index (χ4v) is 1.67. The van der Waals surface area contributed by atoms with Crippen LogP contribution in [0.15, 0.2) is 12.1 Å². The van der Waals surface area contributed by atoms with Gasteiger partial charge in [0.25, 0.3) is 0 Å². The SMILES string of the molecule is CCCC(Cl)CNc1ccc2nnnn2n1. The van der Waals surface area contributed by atoms with Crippen LogP contribution in [0, 0.1) is 0 Å². The quantitative estimate of drug-likeness (QED) is 0.799. The largest absolute Gasteiger partial charge is 0.367 e. The Labute approximate surface area is 98.0 Å². The Morgan fingerprint density at radius 2 is 2.38 bits per heavy atom. The molecule has 2 aromatic heterocycles. The number of anilines is 1. The maximum absolute atomic E-state index is 6.09. The Hall–Kier alpha value is -1.43. The summed E-state index contributed by atoms with van der Waals surface area (Å²) < 4.78 is 1.38. The molecule has 0 amide bonds. The van der Waals surface area contributed by atoms with Gasteiger partial charge in [-0.25, -0.2) is 0 Å². The summed E-state index contributed by atoms with van der Waals surface area (Å²) >= 11 is 6.09. The normalized spacial score (nSPS) is 12.9. The summed E-state index contributed by atoms with van der Waals surface area (Å²) in [5.74, 6) is 0.724. The zero-order valence-corrected chi connectivity index (χ0v) is 9.72. The molecule has 7 heteroatoms. The van der Waals surface area contributed by atoms with E-state index in [1.165, 1.54) is 4.63 Å². The lowest BCUT2D eigenvalue weighted by molar-refractivity contribution is 0.723. The van der Waals surface area contributed by atoms with E-state index in [0.29, 0.717) is 12.2 Å². The van der Waals surface area contributed by atoms with Gasteiger partial charge in [-0.3, -0.25) is 0 Å². The van der Waals surface area contributed by atoms with Crippen LogP contribution in [0.2, 0.25) is 0 Å². The minimum atomic E-state index is 0.122. The number of alkyl halides is 1. The third-order valence-corrected chi connectivity index (χ3v) is 2.55. The average Bonchev–Trinajstić information content (AvgIpc) is 2.74. The Kier molecular flexibility index (Phi) is 3.51. The van der Waals surface area contributed by atoms with Crippen molar-refractivity contribution in [3.05, 3.63) is 12.1 Å². The molecule has 0 spiro atoms. The second kappa shape index (κ2) is 5.07. The van der Waals surface area contributed by atoms with Crippen molar-refractivity contribution < 1.29 is 0 Å². The van der Waals surface area contributed by atoms with E-state index in [4.69, 9.17) is 11.6 Å². The van der Waals surface area contributed by atoms with E-state index in [9.17, 15) is 0 Å². The highest BCUT2D eigenvalue weighted by Crippen LogP contribution is 2.08. The fraction of sp³-hybridized carbons (Fsp3) is 0.556. The first-order valence-electron chi connectivity index (χ1n) is 5.23. The number of hydrogen-bond donors (Lipinski definition) is 1. The molecule has 0 fully saturated rings. The standard InChI is InChI=1S/C9H13ClN6/c1-2-3-7(10)6-11-8-4-5-9-12-14-15-16(9)13-8/h4-5,7H,2-3,6H2,1H3,(H,11,13). The molecule has 0 saturated heterocycles. The highest BCUT2D eigenvalue weighted by molar-refractivity contribution is 6.20. The number of fused-ring (bicyclic) bond motifs is 1. The van der Waals surface area contributed by atoms with Crippen molar-refractivity contribution in [1.29, 1.82) is 0 Å². The Bertz CT molecular complexity index is 456. The van der Waals surface area contributed by atoms with Gasteiger partial charge in [0.05, 0.1) is 5.38 Å². The minimum absolute atomic E-state index is 0.122. The van der Waals surface area contributed by atoms with Crippen molar-refractivity contribution in [2.24, 2.45) is 0 Å². The van der Waals surface area contributed by atoms with Crippen LogP contribution in [0.25, 0.3) is 5.65 Å². The first-order chi connectivity index (χ1) is 7.79. The molecule has 1 N–H and O–H groups in total. The molecule has 2 rings (SSSR count). The molecular weight excluding hydrogens is 228 g/mol. The third kappa shape index (κ3) is 2.57. The maximum Gasteiger partial charge on any atom is 0.200 e. The van der Waals surface area contributed by atoms with Crippen LogP contribution in [0.1, 0.15) is 19.8 Å². The van der Waals surface area contributed by atoms with Crippen LogP contribution < -0.4 is 5.32 Å². The third-order valence-electron chi connectivity index (χ3n) is 2.18. The van der Waals surface area contributed by atoms with Gasteiger partial charge in [-0.2, -0.15) is 0 Å². The van der Waals surface area contributed by atoms with Gasteiger partial charge in [-0.05, 0) is 29.0 Å². The summed E-state index contributed by atoms with van der Waals surface area (Å²) in [4.78, 5) is 0. The molecule has 2 aromatic rings. The molecule has 1 atom stereocenters. The van der Waals surface area contributed by atoms with E-state index in [2.05, 4.69) is 32.9 Å². The molecule has 0 bridgehead atoms. The van der Waals surface area contributed by atoms with Gasteiger partial charge in [0, 0.05) is 6.54 Å². The van der Waals surface area contributed by atoms with Crippen molar-refractivity contribution in [2.75, 3.05) is 11.9 Å². The van der Waals surface area contributed by atoms with E-state index in [1.54, 1.807) is 6.07 Å². The predicted molar refractivity (Wildman–Crippen MR) is 61.6 cm³/mol. The zero-order valence-electron chi connectivity index (χ0n) is 8.97. The van der Waals surface area contributed by atoms with Crippen LogP contribution in [-0.4, -0.2) is 37.2 Å². The van der Waals surface area contributed by atoms with E-state index in [1.807, 2.05) is 6.07 Å². The molecule has 1 unspecified atom stereocenters. The molecule has 2 heterocycles. The average molecular weight is 241 g/mol. The van der Waals surface area contributed by atoms with Gasteiger partial charge in [-0.1, -0.05) is 13.3 Å². The van der Waals surface area contributed by atoms with Gasteiger partial charge < -0.3 is 5.32 Å². The summed E-state index contributed by atoms with van der Waals surface area (Å²) in [5, 5.41) is 18.4. The Balaban J connectivity index is 1.98. The van der Waals surface area contributed by atoms with Gasteiger partial charge in [-0.15, -0.1) is 26.4 Å². The molecule has 0 saturated carbocycles. The van der Waals surface area contributed by atoms with E-state index < -0.39 is 0 Å². The first kappa shape index (κ1) is 11.1. The number of nitrogens with one attached hydrogen (secondary N) is 1. The monoisotopic (exact) mass is 240 g/mol. The fourth-order valence-electron chi connectivity index (χ4n) is 1.37. The summed E-state index contributed by atoms with van der Waals surface area (Å²) in [6.45, 7) is 2.80. The summed E-state index contributed by atoms with van der Waals surface area (Å²) in [6, 6.07) is 3.64. The van der Waals surface area contributed by atoms with Crippen LogP contribution in [0.4, 0.5) is 5.82 Å². The zero-order chi connectivity index (χ0) is 11.4. The molecule has 6 nitrogen and oxygen atoms in total. The first-order valence-corrected chi connectivity index (χ1v) is 5.66. The molecule has 0 aromatic carbocycles. The molecule has 0 aliphatic heterocycles.